The lowest BCUT2D eigenvalue weighted by Gasteiger charge is -2.33. The molecule has 1 fully saturated rings. The van der Waals surface area contributed by atoms with E-state index in [1.807, 2.05) is 6.07 Å². The van der Waals surface area contributed by atoms with Crippen molar-refractivity contribution in [3.8, 4) is 0 Å². The summed E-state index contributed by atoms with van der Waals surface area (Å²) in [6.45, 7) is 4.30. The molecule has 0 radical (unpaired) electrons. The molecule has 0 aromatic heterocycles. The number of nitrogens with zero attached hydrogens (tertiary/aromatic N) is 1. The van der Waals surface area contributed by atoms with Crippen LogP contribution in [0.2, 0.25) is 5.02 Å². The Morgan fingerprint density at radius 3 is 2.63 bits per heavy atom. The van der Waals surface area contributed by atoms with Crippen molar-refractivity contribution in [3.63, 3.8) is 0 Å². The Bertz CT molecular complexity index is 453. The average molecular weight is 282 g/mol. The molecular formula is C15H20ClNO2. The van der Waals surface area contributed by atoms with Crippen LogP contribution in [0.5, 0.6) is 0 Å². The van der Waals surface area contributed by atoms with Gasteiger partial charge in [0.15, 0.2) is 0 Å². The first kappa shape index (κ1) is 14.2. The summed E-state index contributed by atoms with van der Waals surface area (Å²) in [7, 11) is 0. The first-order chi connectivity index (χ1) is 9.11. The van der Waals surface area contributed by atoms with E-state index in [-0.39, 0.29) is 5.56 Å². The molecule has 3 nitrogen and oxygen atoms in total. The van der Waals surface area contributed by atoms with Crippen LogP contribution in [0.1, 0.15) is 43.0 Å². The van der Waals surface area contributed by atoms with Gasteiger partial charge < -0.3 is 10.0 Å². The zero-order chi connectivity index (χ0) is 13.8. The molecule has 104 valence electrons. The minimum atomic E-state index is -0.974. The summed E-state index contributed by atoms with van der Waals surface area (Å²) in [5.74, 6) is -0.131. The van der Waals surface area contributed by atoms with Gasteiger partial charge in [0.1, 0.15) is 0 Å². The van der Waals surface area contributed by atoms with E-state index in [2.05, 4.69) is 11.8 Å². The van der Waals surface area contributed by atoms with Crippen molar-refractivity contribution < 1.29 is 9.90 Å². The maximum atomic E-state index is 10.9. The van der Waals surface area contributed by atoms with Gasteiger partial charge in [0.2, 0.25) is 0 Å². The van der Waals surface area contributed by atoms with Crippen LogP contribution < -0.4 is 4.90 Å². The SMILES string of the molecule is CCCC1CCN(c2ccc(C(=O)O)c(Cl)c2)CC1. The van der Waals surface area contributed by atoms with Crippen LogP contribution in [0, 0.1) is 5.92 Å². The second kappa shape index (κ2) is 6.29. The number of anilines is 1. The van der Waals surface area contributed by atoms with Crippen LogP contribution >= 0.6 is 11.6 Å². The van der Waals surface area contributed by atoms with E-state index < -0.39 is 5.97 Å². The molecule has 1 heterocycles. The Balaban J connectivity index is 2.04. The fourth-order valence-corrected chi connectivity index (χ4v) is 3.02. The Morgan fingerprint density at radius 2 is 2.11 bits per heavy atom. The molecule has 0 saturated carbocycles. The van der Waals surface area contributed by atoms with E-state index in [4.69, 9.17) is 16.7 Å². The molecular weight excluding hydrogens is 262 g/mol. The number of hydrogen-bond donors (Lipinski definition) is 1. The molecule has 0 bridgehead atoms. The number of piperidine rings is 1. The Hall–Kier alpha value is -1.22. The lowest BCUT2D eigenvalue weighted by atomic mass is 9.92. The second-order valence-corrected chi connectivity index (χ2v) is 5.60. The van der Waals surface area contributed by atoms with Crippen LogP contribution in [0.15, 0.2) is 18.2 Å². The van der Waals surface area contributed by atoms with Gasteiger partial charge in [-0.1, -0.05) is 31.4 Å². The van der Waals surface area contributed by atoms with E-state index in [0.717, 1.165) is 24.7 Å². The maximum Gasteiger partial charge on any atom is 0.337 e. The second-order valence-electron chi connectivity index (χ2n) is 5.19. The van der Waals surface area contributed by atoms with Crippen molar-refractivity contribution in [2.24, 2.45) is 5.92 Å². The lowest BCUT2D eigenvalue weighted by Crippen LogP contribution is -2.33. The third kappa shape index (κ3) is 3.41. The fraction of sp³-hybridized carbons (Fsp3) is 0.533. The van der Waals surface area contributed by atoms with E-state index in [0.29, 0.717) is 5.02 Å². The molecule has 4 heteroatoms. The number of benzene rings is 1. The van der Waals surface area contributed by atoms with Gasteiger partial charge in [0.25, 0.3) is 0 Å². The summed E-state index contributed by atoms with van der Waals surface area (Å²) in [5, 5.41) is 9.28. The molecule has 1 N–H and O–H groups in total. The normalized spacial score (nSPS) is 16.6. The zero-order valence-electron chi connectivity index (χ0n) is 11.2. The van der Waals surface area contributed by atoms with Crippen molar-refractivity contribution in [1.82, 2.24) is 0 Å². The van der Waals surface area contributed by atoms with Gasteiger partial charge in [0.05, 0.1) is 10.6 Å². The fourth-order valence-electron chi connectivity index (χ4n) is 2.76. The van der Waals surface area contributed by atoms with Crippen molar-refractivity contribution in [2.75, 3.05) is 18.0 Å². The third-order valence-electron chi connectivity index (χ3n) is 3.86. The summed E-state index contributed by atoms with van der Waals surface area (Å²) in [6.07, 6.45) is 4.99. The molecule has 0 unspecified atom stereocenters. The first-order valence-corrected chi connectivity index (χ1v) is 7.27. The molecule has 1 aromatic carbocycles. The quantitative estimate of drug-likeness (QED) is 0.905. The predicted molar refractivity (Wildman–Crippen MR) is 78.3 cm³/mol. The van der Waals surface area contributed by atoms with Gasteiger partial charge in [-0.2, -0.15) is 0 Å². The van der Waals surface area contributed by atoms with E-state index >= 15 is 0 Å². The maximum absolute atomic E-state index is 10.9. The summed E-state index contributed by atoms with van der Waals surface area (Å²) in [4.78, 5) is 13.2. The third-order valence-corrected chi connectivity index (χ3v) is 4.17. The Morgan fingerprint density at radius 1 is 1.42 bits per heavy atom. The summed E-state index contributed by atoms with van der Waals surface area (Å²) in [5.41, 5.74) is 1.20. The molecule has 1 aliphatic rings. The van der Waals surface area contributed by atoms with Crippen molar-refractivity contribution >= 4 is 23.3 Å². The Kier molecular flexibility index (Phi) is 4.70. The molecule has 0 amide bonds. The molecule has 1 saturated heterocycles. The van der Waals surface area contributed by atoms with Crippen LogP contribution in [-0.4, -0.2) is 24.2 Å². The number of aromatic carboxylic acids is 1. The predicted octanol–water partition coefficient (Wildman–Crippen LogP) is 4.05. The minimum absolute atomic E-state index is 0.172. The van der Waals surface area contributed by atoms with Gasteiger partial charge in [-0.3, -0.25) is 0 Å². The lowest BCUT2D eigenvalue weighted by molar-refractivity contribution is 0.0697. The van der Waals surface area contributed by atoms with E-state index in [9.17, 15) is 4.79 Å². The number of carboxylic acids is 1. The average Bonchev–Trinajstić information content (AvgIpc) is 2.39. The highest BCUT2D eigenvalue weighted by atomic mass is 35.5. The van der Waals surface area contributed by atoms with Crippen LogP contribution in [0.3, 0.4) is 0 Å². The highest BCUT2D eigenvalue weighted by Crippen LogP contribution is 2.29. The van der Waals surface area contributed by atoms with Crippen LogP contribution in [0.25, 0.3) is 0 Å². The molecule has 0 atom stereocenters. The van der Waals surface area contributed by atoms with Gasteiger partial charge in [0, 0.05) is 18.8 Å². The summed E-state index contributed by atoms with van der Waals surface area (Å²) in [6, 6.07) is 5.22. The molecule has 2 rings (SSSR count). The van der Waals surface area contributed by atoms with Crippen LogP contribution in [-0.2, 0) is 0 Å². The van der Waals surface area contributed by atoms with Crippen molar-refractivity contribution in [1.29, 1.82) is 0 Å². The molecule has 1 aliphatic heterocycles. The number of hydrogen-bond acceptors (Lipinski definition) is 2. The van der Waals surface area contributed by atoms with Crippen molar-refractivity contribution in [3.05, 3.63) is 28.8 Å². The highest BCUT2D eigenvalue weighted by molar-refractivity contribution is 6.33. The van der Waals surface area contributed by atoms with Gasteiger partial charge in [-0.05, 0) is 37.0 Å². The molecule has 1 aromatic rings. The van der Waals surface area contributed by atoms with Crippen LogP contribution in [0.4, 0.5) is 5.69 Å². The summed E-state index contributed by atoms with van der Waals surface area (Å²) >= 11 is 6.01. The smallest absolute Gasteiger partial charge is 0.337 e. The number of halogens is 1. The standard InChI is InChI=1S/C15H20ClNO2/c1-2-3-11-6-8-17(9-7-11)12-4-5-13(15(18)19)14(16)10-12/h4-5,10-11H,2-3,6-9H2,1H3,(H,18,19). The van der Waals surface area contributed by atoms with E-state index in [1.54, 1.807) is 12.1 Å². The minimum Gasteiger partial charge on any atom is -0.478 e. The Labute approximate surface area is 119 Å². The zero-order valence-corrected chi connectivity index (χ0v) is 12.0. The highest BCUT2D eigenvalue weighted by Gasteiger charge is 2.19. The van der Waals surface area contributed by atoms with E-state index in [1.165, 1.54) is 25.7 Å². The monoisotopic (exact) mass is 281 g/mol. The number of rotatable bonds is 4. The topological polar surface area (TPSA) is 40.5 Å². The summed E-state index contributed by atoms with van der Waals surface area (Å²) < 4.78 is 0. The first-order valence-electron chi connectivity index (χ1n) is 6.89. The molecule has 19 heavy (non-hydrogen) atoms. The van der Waals surface area contributed by atoms with Gasteiger partial charge >= 0.3 is 5.97 Å². The number of carboxylic acid groups (broad SMARTS) is 1. The van der Waals surface area contributed by atoms with Gasteiger partial charge in [-0.25, -0.2) is 4.79 Å². The van der Waals surface area contributed by atoms with Gasteiger partial charge in [-0.15, -0.1) is 0 Å². The largest absolute Gasteiger partial charge is 0.478 e. The number of carbonyl (C=O) groups is 1. The molecule has 0 spiro atoms. The van der Waals surface area contributed by atoms with Crippen molar-refractivity contribution in [2.45, 2.75) is 32.6 Å². The molecule has 0 aliphatic carbocycles.